The van der Waals surface area contributed by atoms with Crippen molar-refractivity contribution in [1.82, 2.24) is 10.2 Å². The molecule has 1 heterocycles. The number of carbonyl (C=O) groups excluding carboxylic acids is 1. The first-order valence-electron chi connectivity index (χ1n) is 7.68. The molecule has 0 unspecified atom stereocenters. The average Bonchev–Trinajstić information content (AvgIpc) is 2.44. The minimum atomic E-state index is -0.121. The monoisotopic (exact) mass is 290 g/mol. The van der Waals surface area contributed by atoms with Crippen LogP contribution in [0.1, 0.15) is 31.9 Å². The number of amides is 1. The molecule has 4 nitrogen and oxygen atoms in total. The Morgan fingerprint density at radius 1 is 1.29 bits per heavy atom. The van der Waals surface area contributed by atoms with Crippen molar-refractivity contribution >= 4 is 5.91 Å². The largest absolute Gasteiger partial charge is 0.373 e. The Kier molecular flexibility index (Phi) is 5.37. The van der Waals surface area contributed by atoms with Gasteiger partial charge in [0.1, 0.15) is 0 Å². The van der Waals surface area contributed by atoms with Gasteiger partial charge in [-0.25, -0.2) is 0 Å². The second-order valence-electron chi connectivity index (χ2n) is 6.09. The molecule has 1 aliphatic rings. The lowest BCUT2D eigenvalue weighted by Gasteiger charge is -2.38. The lowest BCUT2D eigenvalue weighted by atomic mass is 10.1. The van der Waals surface area contributed by atoms with E-state index in [1.54, 1.807) is 0 Å². The van der Waals surface area contributed by atoms with Gasteiger partial charge < -0.3 is 10.1 Å². The van der Waals surface area contributed by atoms with E-state index in [1.807, 2.05) is 6.92 Å². The molecule has 3 atom stereocenters. The van der Waals surface area contributed by atoms with Crippen LogP contribution in [0.2, 0.25) is 0 Å². The summed E-state index contributed by atoms with van der Waals surface area (Å²) in [4.78, 5) is 14.5. The first-order chi connectivity index (χ1) is 9.95. The molecular formula is C17H26N2O2. The summed E-state index contributed by atoms with van der Waals surface area (Å²) < 4.78 is 5.71. The van der Waals surface area contributed by atoms with Crippen molar-refractivity contribution in [2.45, 2.75) is 52.5 Å². The molecule has 2 rings (SSSR count). The molecule has 1 N–H and O–H groups in total. The summed E-state index contributed by atoms with van der Waals surface area (Å²) in [5.74, 6) is 0.0804. The van der Waals surface area contributed by atoms with Crippen LogP contribution >= 0.6 is 0 Å². The second-order valence-corrected chi connectivity index (χ2v) is 6.09. The van der Waals surface area contributed by atoms with Crippen LogP contribution < -0.4 is 5.32 Å². The van der Waals surface area contributed by atoms with Crippen molar-refractivity contribution in [2.75, 3.05) is 13.1 Å². The Bertz CT molecular complexity index is 462. The molecule has 0 aromatic heterocycles. The summed E-state index contributed by atoms with van der Waals surface area (Å²) in [6.07, 6.45) is 0.363. The van der Waals surface area contributed by atoms with Crippen LogP contribution in [0.25, 0.3) is 0 Å². The highest BCUT2D eigenvalue weighted by atomic mass is 16.5. The van der Waals surface area contributed by atoms with Crippen molar-refractivity contribution in [1.29, 1.82) is 0 Å². The number of hydrogen-bond donors (Lipinski definition) is 1. The Hall–Kier alpha value is -1.39. The molecule has 116 valence electrons. The summed E-state index contributed by atoms with van der Waals surface area (Å²) in [5, 5.41) is 3.02. The van der Waals surface area contributed by atoms with E-state index < -0.39 is 0 Å². The van der Waals surface area contributed by atoms with Crippen LogP contribution in [0.15, 0.2) is 24.3 Å². The minimum Gasteiger partial charge on any atom is -0.373 e. The van der Waals surface area contributed by atoms with Crippen molar-refractivity contribution < 1.29 is 9.53 Å². The van der Waals surface area contributed by atoms with Crippen LogP contribution in [0.3, 0.4) is 0 Å². The van der Waals surface area contributed by atoms with Gasteiger partial charge >= 0.3 is 0 Å². The van der Waals surface area contributed by atoms with Crippen LogP contribution in [0, 0.1) is 6.92 Å². The van der Waals surface area contributed by atoms with E-state index in [0.29, 0.717) is 6.54 Å². The molecule has 21 heavy (non-hydrogen) atoms. The number of morpholine rings is 1. The normalized spacial score (nSPS) is 24.6. The minimum absolute atomic E-state index is 0.0804. The molecule has 0 saturated carbocycles. The maximum Gasteiger partial charge on any atom is 0.237 e. The SMILES string of the molecule is Cc1ccc(CNC(=O)[C@@H](C)N2C[C@@H](C)O[C@@H](C)C2)cc1. The van der Waals surface area contributed by atoms with E-state index in [-0.39, 0.29) is 24.2 Å². The van der Waals surface area contributed by atoms with Gasteiger partial charge in [-0.3, -0.25) is 9.69 Å². The van der Waals surface area contributed by atoms with E-state index in [0.717, 1.165) is 18.7 Å². The van der Waals surface area contributed by atoms with Gasteiger partial charge in [0.05, 0.1) is 18.2 Å². The first-order valence-corrected chi connectivity index (χ1v) is 7.68. The lowest BCUT2D eigenvalue weighted by molar-refractivity contribution is -0.131. The molecular weight excluding hydrogens is 264 g/mol. The van der Waals surface area contributed by atoms with Crippen molar-refractivity contribution in [2.24, 2.45) is 0 Å². The van der Waals surface area contributed by atoms with Gasteiger partial charge in [-0.15, -0.1) is 0 Å². The molecule has 1 aromatic carbocycles. The molecule has 0 spiro atoms. The maximum atomic E-state index is 12.3. The zero-order valence-corrected chi connectivity index (χ0v) is 13.4. The summed E-state index contributed by atoms with van der Waals surface area (Å²) in [5.41, 5.74) is 2.36. The second kappa shape index (κ2) is 7.05. The predicted molar refractivity (Wildman–Crippen MR) is 84.1 cm³/mol. The van der Waals surface area contributed by atoms with Gasteiger partial charge in [0.25, 0.3) is 0 Å². The van der Waals surface area contributed by atoms with Crippen LogP contribution in [-0.2, 0) is 16.1 Å². The number of hydrogen-bond acceptors (Lipinski definition) is 3. The highest BCUT2D eigenvalue weighted by molar-refractivity contribution is 5.81. The molecule has 0 aliphatic carbocycles. The smallest absolute Gasteiger partial charge is 0.237 e. The van der Waals surface area contributed by atoms with E-state index in [1.165, 1.54) is 5.56 Å². The predicted octanol–water partition coefficient (Wildman–Crippen LogP) is 2.11. The van der Waals surface area contributed by atoms with Crippen molar-refractivity contribution in [3.05, 3.63) is 35.4 Å². The van der Waals surface area contributed by atoms with Crippen LogP contribution in [-0.4, -0.2) is 42.1 Å². The van der Waals surface area contributed by atoms with E-state index in [9.17, 15) is 4.79 Å². The summed E-state index contributed by atoms with van der Waals surface area (Å²) in [6.45, 7) is 10.3. The number of aryl methyl sites for hydroxylation is 1. The number of ether oxygens (including phenoxy) is 1. The zero-order chi connectivity index (χ0) is 15.4. The van der Waals surface area contributed by atoms with Gasteiger partial charge in [0, 0.05) is 19.6 Å². The zero-order valence-electron chi connectivity index (χ0n) is 13.4. The van der Waals surface area contributed by atoms with Crippen molar-refractivity contribution in [3.63, 3.8) is 0 Å². The molecule has 1 aromatic rings. The highest BCUT2D eigenvalue weighted by Gasteiger charge is 2.28. The fourth-order valence-corrected chi connectivity index (χ4v) is 2.74. The van der Waals surface area contributed by atoms with E-state index in [2.05, 4.69) is 55.3 Å². The Morgan fingerprint density at radius 2 is 1.86 bits per heavy atom. The summed E-state index contributed by atoms with van der Waals surface area (Å²) in [7, 11) is 0. The molecule has 1 fully saturated rings. The number of benzene rings is 1. The maximum absolute atomic E-state index is 12.3. The molecule has 4 heteroatoms. The van der Waals surface area contributed by atoms with Crippen LogP contribution in [0.4, 0.5) is 0 Å². The van der Waals surface area contributed by atoms with Gasteiger partial charge in [-0.05, 0) is 33.3 Å². The van der Waals surface area contributed by atoms with Gasteiger partial charge in [-0.2, -0.15) is 0 Å². The van der Waals surface area contributed by atoms with Gasteiger partial charge in [0.15, 0.2) is 0 Å². The Morgan fingerprint density at radius 3 is 2.43 bits per heavy atom. The Labute approximate surface area is 127 Å². The third kappa shape index (κ3) is 4.55. The van der Waals surface area contributed by atoms with Gasteiger partial charge in [-0.1, -0.05) is 29.8 Å². The highest BCUT2D eigenvalue weighted by Crippen LogP contribution is 2.13. The van der Waals surface area contributed by atoms with Gasteiger partial charge in [0.2, 0.25) is 5.91 Å². The number of rotatable bonds is 4. The molecule has 1 aliphatic heterocycles. The fourth-order valence-electron chi connectivity index (χ4n) is 2.74. The number of nitrogens with zero attached hydrogens (tertiary/aromatic N) is 1. The average molecular weight is 290 g/mol. The van der Waals surface area contributed by atoms with E-state index >= 15 is 0 Å². The summed E-state index contributed by atoms with van der Waals surface area (Å²) in [6, 6.07) is 8.12. The molecule has 0 radical (unpaired) electrons. The number of carbonyl (C=O) groups is 1. The van der Waals surface area contributed by atoms with E-state index in [4.69, 9.17) is 4.74 Å². The topological polar surface area (TPSA) is 41.6 Å². The molecule has 1 amide bonds. The third-order valence-electron chi connectivity index (χ3n) is 3.96. The Balaban J connectivity index is 1.86. The number of nitrogens with one attached hydrogen (secondary N) is 1. The standard InChI is InChI=1S/C17H26N2O2/c1-12-5-7-16(8-6-12)9-18-17(20)15(4)19-10-13(2)21-14(3)11-19/h5-8,13-15H,9-11H2,1-4H3,(H,18,20)/t13-,14+,15-/m1/s1. The quantitative estimate of drug-likeness (QED) is 0.923. The molecule has 0 bridgehead atoms. The molecule has 1 saturated heterocycles. The fraction of sp³-hybridized carbons (Fsp3) is 0.588. The summed E-state index contributed by atoms with van der Waals surface area (Å²) >= 11 is 0. The van der Waals surface area contributed by atoms with Crippen molar-refractivity contribution in [3.8, 4) is 0 Å². The third-order valence-corrected chi connectivity index (χ3v) is 3.96. The lowest BCUT2D eigenvalue weighted by Crippen LogP contribution is -2.53. The van der Waals surface area contributed by atoms with Crippen LogP contribution in [0.5, 0.6) is 0 Å². The first kappa shape index (κ1) is 16.0.